The molecule has 0 aromatic heterocycles. The molecule has 0 aliphatic carbocycles. The van der Waals surface area contributed by atoms with Gasteiger partial charge in [-0.15, -0.1) is 5.10 Å². The molecule has 0 N–H and O–H groups in total. The number of fused-ring (bicyclic) bond motifs is 3. The SMILES string of the molecule is CCOC(=O)C1=NN(c2ccccc2)C2(C)c3cc(OCC)c(OCC)cc3CCN12. The van der Waals surface area contributed by atoms with E-state index in [1.165, 1.54) is 0 Å². The zero-order valence-electron chi connectivity index (χ0n) is 18.6. The molecule has 2 aromatic rings. The van der Waals surface area contributed by atoms with Gasteiger partial charge in [-0.1, -0.05) is 18.2 Å². The second-order valence-corrected chi connectivity index (χ2v) is 7.54. The van der Waals surface area contributed by atoms with Crippen molar-refractivity contribution in [2.45, 2.75) is 39.8 Å². The monoisotopic (exact) mass is 423 g/mol. The average molecular weight is 424 g/mol. The summed E-state index contributed by atoms with van der Waals surface area (Å²) in [6.45, 7) is 9.85. The molecule has 31 heavy (non-hydrogen) atoms. The molecule has 0 amide bonds. The fourth-order valence-corrected chi connectivity index (χ4v) is 4.39. The molecular formula is C24H29N3O4. The summed E-state index contributed by atoms with van der Waals surface area (Å²) in [5.74, 6) is 1.36. The number of hydrogen-bond acceptors (Lipinski definition) is 7. The van der Waals surface area contributed by atoms with Crippen molar-refractivity contribution in [3.8, 4) is 11.5 Å². The van der Waals surface area contributed by atoms with Gasteiger partial charge in [0.2, 0.25) is 5.84 Å². The molecule has 7 heteroatoms. The average Bonchev–Trinajstić information content (AvgIpc) is 3.09. The molecular weight excluding hydrogens is 394 g/mol. The summed E-state index contributed by atoms with van der Waals surface area (Å²) < 4.78 is 17.1. The number of hydrogen-bond donors (Lipinski definition) is 0. The molecule has 4 rings (SSSR count). The van der Waals surface area contributed by atoms with Crippen LogP contribution >= 0.6 is 0 Å². The third-order valence-electron chi connectivity index (χ3n) is 5.73. The van der Waals surface area contributed by atoms with Crippen LogP contribution in [0.25, 0.3) is 0 Å². The van der Waals surface area contributed by atoms with E-state index in [1.54, 1.807) is 6.92 Å². The Morgan fingerprint density at radius 2 is 1.71 bits per heavy atom. The quantitative estimate of drug-likeness (QED) is 0.629. The first-order valence-corrected chi connectivity index (χ1v) is 10.9. The van der Waals surface area contributed by atoms with E-state index in [-0.39, 0.29) is 0 Å². The zero-order chi connectivity index (χ0) is 22.0. The van der Waals surface area contributed by atoms with Crippen LogP contribution in [0.15, 0.2) is 47.6 Å². The van der Waals surface area contributed by atoms with E-state index in [9.17, 15) is 4.79 Å². The van der Waals surface area contributed by atoms with Crippen LogP contribution < -0.4 is 14.5 Å². The Balaban J connectivity index is 1.88. The molecule has 1 unspecified atom stereocenters. The maximum Gasteiger partial charge on any atom is 0.376 e. The van der Waals surface area contributed by atoms with E-state index in [0.717, 1.165) is 29.0 Å². The highest BCUT2D eigenvalue weighted by atomic mass is 16.5. The second kappa shape index (κ2) is 8.49. The molecule has 0 saturated heterocycles. The maximum atomic E-state index is 12.8. The van der Waals surface area contributed by atoms with Crippen molar-refractivity contribution in [3.05, 3.63) is 53.6 Å². The van der Waals surface area contributed by atoms with Crippen LogP contribution in [0.1, 0.15) is 38.8 Å². The highest BCUT2D eigenvalue weighted by Gasteiger charge is 2.52. The third-order valence-corrected chi connectivity index (χ3v) is 5.73. The summed E-state index contributed by atoms with van der Waals surface area (Å²) >= 11 is 0. The largest absolute Gasteiger partial charge is 0.490 e. The number of para-hydroxylation sites is 1. The first kappa shape index (κ1) is 21.0. The lowest BCUT2D eigenvalue weighted by Crippen LogP contribution is -2.55. The van der Waals surface area contributed by atoms with Crippen molar-refractivity contribution in [2.75, 3.05) is 31.4 Å². The van der Waals surface area contributed by atoms with Gasteiger partial charge in [0.25, 0.3) is 0 Å². The van der Waals surface area contributed by atoms with E-state index in [2.05, 4.69) is 13.0 Å². The Hall–Kier alpha value is -3.22. The van der Waals surface area contributed by atoms with E-state index in [0.29, 0.717) is 38.0 Å². The lowest BCUT2D eigenvalue weighted by atomic mass is 9.87. The minimum absolute atomic E-state index is 0.302. The number of esters is 1. The van der Waals surface area contributed by atoms with Crippen molar-refractivity contribution < 1.29 is 19.0 Å². The fraction of sp³-hybridized carbons (Fsp3) is 0.417. The van der Waals surface area contributed by atoms with Crippen molar-refractivity contribution >= 4 is 17.5 Å². The summed E-state index contributed by atoms with van der Waals surface area (Å²) in [4.78, 5) is 14.8. The van der Waals surface area contributed by atoms with Crippen LogP contribution in [-0.4, -0.2) is 43.1 Å². The number of anilines is 1. The van der Waals surface area contributed by atoms with Crippen LogP contribution in [-0.2, 0) is 21.6 Å². The molecule has 0 bridgehead atoms. The highest BCUT2D eigenvalue weighted by molar-refractivity contribution is 6.36. The van der Waals surface area contributed by atoms with Crippen molar-refractivity contribution in [1.82, 2.24) is 4.90 Å². The lowest BCUT2D eigenvalue weighted by Gasteiger charge is -2.46. The summed E-state index contributed by atoms with van der Waals surface area (Å²) in [5.41, 5.74) is 2.40. The molecule has 2 aliphatic rings. The van der Waals surface area contributed by atoms with Gasteiger partial charge >= 0.3 is 5.97 Å². The van der Waals surface area contributed by atoms with Gasteiger partial charge in [-0.05, 0) is 63.9 Å². The molecule has 2 heterocycles. The van der Waals surface area contributed by atoms with E-state index in [1.807, 2.05) is 60.2 Å². The van der Waals surface area contributed by atoms with Crippen LogP contribution in [0.2, 0.25) is 0 Å². The number of ether oxygens (including phenoxy) is 3. The summed E-state index contributed by atoms with van der Waals surface area (Å²) in [6.07, 6.45) is 0.762. The zero-order valence-corrected chi connectivity index (χ0v) is 18.6. The third kappa shape index (κ3) is 3.48. The van der Waals surface area contributed by atoms with Crippen LogP contribution in [0.4, 0.5) is 5.69 Å². The van der Waals surface area contributed by atoms with Crippen molar-refractivity contribution in [1.29, 1.82) is 0 Å². The van der Waals surface area contributed by atoms with E-state index < -0.39 is 11.6 Å². The van der Waals surface area contributed by atoms with Crippen LogP contribution in [0.3, 0.4) is 0 Å². The van der Waals surface area contributed by atoms with Crippen molar-refractivity contribution in [3.63, 3.8) is 0 Å². The predicted octanol–water partition coefficient (Wildman–Crippen LogP) is 3.91. The number of amidine groups is 1. The Morgan fingerprint density at radius 3 is 2.35 bits per heavy atom. The minimum Gasteiger partial charge on any atom is -0.490 e. The first-order chi connectivity index (χ1) is 15.0. The smallest absolute Gasteiger partial charge is 0.376 e. The minimum atomic E-state index is -0.701. The van der Waals surface area contributed by atoms with Crippen molar-refractivity contribution in [2.24, 2.45) is 5.10 Å². The number of benzene rings is 2. The molecule has 7 nitrogen and oxygen atoms in total. The van der Waals surface area contributed by atoms with Gasteiger partial charge in [0.15, 0.2) is 17.2 Å². The molecule has 164 valence electrons. The highest BCUT2D eigenvalue weighted by Crippen LogP contribution is 2.47. The topological polar surface area (TPSA) is 63.6 Å². The summed E-state index contributed by atoms with van der Waals surface area (Å²) in [7, 11) is 0. The van der Waals surface area contributed by atoms with E-state index >= 15 is 0 Å². The normalized spacial score (nSPS) is 19.4. The number of hydrazone groups is 1. The summed E-state index contributed by atoms with van der Waals surface area (Å²) in [6, 6.07) is 14.0. The molecule has 1 atom stereocenters. The van der Waals surface area contributed by atoms with Crippen LogP contribution in [0.5, 0.6) is 11.5 Å². The Kier molecular flexibility index (Phi) is 5.76. The number of carbonyl (C=O) groups excluding carboxylic acids is 1. The van der Waals surface area contributed by atoms with Gasteiger partial charge in [0.1, 0.15) is 0 Å². The Morgan fingerprint density at radius 1 is 1.03 bits per heavy atom. The fourth-order valence-electron chi connectivity index (χ4n) is 4.39. The van der Waals surface area contributed by atoms with Gasteiger partial charge in [-0.2, -0.15) is 0 Å². The van der Waals surface area contributed by atoms with Gasteiger partial charge in [-0.3, -0.25) is 0 Å². The lowest BCUT2D eigenvalue weighted by molar-refractivity contribution is -0.136. The molecule has 0 saturated carbocycles. The predicted molar refractivity (Wildman–Crippen MR) is 120 cm³/mol. The van der Waals surface area contributed by atoms with Gasteiger partial charge in [0, 0.05) is 12.1 Å². The Labute approximate surface area is 183 Å². The van der Waals surface area contributed by atoms with Crippen LogP contribution in [0, 0.1) is 0 Å². The first-order valence-electron chi connectivity index (χ1n) is 10.9. The maximum absolute atomic E-state index is 12.8. The Bertz CT molecular complexity index is 992. The molecule has 2 aromatic carbocycles. The molecule has 0 radical (unpaired) electrons. The van der Waals surface area contributed by atoms with Gasteiger partial charge < -0.3 is 19.1 Å². The van der Waals surface area contributed by atoms with Gasteiger partial charge in [0.05, 0.1) is 25.5 Å². The molecule has 0 fully saturated rings. The number of nitrogens with zero attached hydrogens (tertiary/aromatic N) is 3. The number of carbonyl (C=O) groups is 1. The standard InChI is InChI=1S/C24H29N3O4/c1-5-29-20-15-17-13-14-26-22(23(28)31-7-3)25-27(18-11-9-8-10-12-18)24(26,4)19(17)16-21(20)30-6-2/h8-12,15-16H,5-7,13-14H2,1-4H3. The van der Waals surface area contributed by atoms with E-state index in [4.69, 9.17) is 19.3 Å². The molecule has 2 aliphatic heterocycles. The second-order valence-electron chi connectivity index (χ2n) is 7.54. The van der Waals surface area contributed by atoms with Gasteiger partial charge in [-0.25, -0.2) is 9.80 Å². The molecule has 0 spiro atoms. The number of rotatable bonds is 7. The summed E-state index contributed by atoms with van der Waals surface area (Å²) in [5, 5.41) is 6.67.